The summed E-state index contributed by atoms with van der Waals surface area (Å²) in [6.45, 7) is 0. The van der Waals surface area contributed by atoms with Crippen molar-refractivity contribution < 1.29 is 14.0 Å². The third-order valence-electron chi connectivity index (χ3n) is 2.06. The molecule has 0 spiro atoms. The molecule has 0 saturated heterocycles. The molecule has 1 aromatic carbocycles. The molecule has 0 atom stereocenters. The molecule has 0 saturated carbocycles. The van der Waals surface area contributed by atoms with Gasteiger partial charge in [-0.05, 0) is 36.0 Å². The minimum atomic E-state index is -0.363. The molecular weight excluding hydrogens is 295 g/mol. The SMILES string of the molecule is O=Cc1ccc(C(=O)Sc2c(Cl)cccc2Cl)o1. The zero-order valence-electron chi connectivity index (χ0n) is 8.85. The third kappa shape index (κ3) is 2.77. The van der Waals surface area contributed by atoms with Crippen LogP contribution < -0.4 is 0 Å². The van der Waals surface area contributed by atoms with Crippen molar-refractivity contribution in [2.75, 3.05) is 0 Å². The first kappa shape index (κ1) is 13.2. The molecule has 0 aliphatic heterocycles. The van der Waals surface area contributed by atoms with Crippen LogP contribution in [-0.4, -0.2) is 11.4 Å². The number of carbonyl (C=O) groups excluding carboxylic acids is 2. The van der Waals surface area contributed by atoms with Crippen LogP contribution in [0.5, 0.6) is 0 Å². The van der Waals surface area contributed by atoms with Crippen LogP contribution in [0.3, 0.4) is 0 Å². The quantitative estimate of drug-likeness (QED) is 0.625. The highest BCUT2D eigenvalue weighted by molar-refractivity contribution is 8.14. The molecule has 92 valence electrons. The molecule has 0 aliphatic rings. The number of aldehydes is 1. The Morgan fingerprint density at radius 1 is 1.17 bits per heavy atom. The first-order valence-electron chi connectivity index (χ1n) is 4.83. The summed E-state index contributed by atoms with van der Waals surface area (Å²) in [6, 6.07) is 7.83. The van der Waals surface area contributed by atoms with Crippen LogP contribution >= 0.6 is 35.0 Å². The summed E-state index contributed by atoms with van der Waals surface area (Å²) in [6.07, 6.45) is 0.532. The van der Waals surface area contributed by atoms with Gasteiger partial charge in [-0.3, -0.25) is 9.59 Å². The minimum absolute atomic E-state index is 0.0816. The highest BCUT2D eigenvalue weighted by Gasteiger charge is 2.16. The van der Waals surface area contributed by atoms with E-state index in [2.05, 4.69) is 0 Å². The van der Waals surface area contributed by atoms with E-state index < -0.39 is 0 Å². The van der Waals surface area contributed by atoms with Gasteiger partial charge in [0.15, 0.2) is 17.8 Å². The van der Waals surface area contributed by atoms with Gasteiger partial charge in [-0.2, -0.15) is 0 Å². The van der Waals surface area contributed by atoms with Gasteiger partial charge >= 0.3 is 0 Å². The van der Waals surface area contributed by atoms with E-state index >= 15 is 0 Å². The highest BCUT2D eigenvalue weighted by Crippen LogP contribution is 2.35. The fraction of sp³-hybridized carbons (Fsp3) is 0. The maximum atomic E-state index is 11.9. The van der Waals surface area contributed by atoms with E-state index in [9.17, 15) is 9.59 Å². The zero-order chi connectivity index (χ0) is 13.1. The first-order chi connectivity index (χ1) is 8.61. The van der Waals surface area contributed by atoms with Crippen molar-refractivity contribution >= 4 is 46.4 Å². The van der Waals surface area contributed by atoms with Gasteiger partial charge in [-0.15, -0.1) is 0 Å². The molecule has 3 nitrogen and oxygen atoms in total. The highest BCUT2D eigenvalue weighted by atomic mass is 35.5. The molecule has 0 fully saturated rings. The van der Waals surface area contributed by atoms with Crippen molar-refractivity contribution in [1.29, 1.82) is 0 Å². The fourth-order valence-electron chi connectivity index (χ4n) is 1.25. The Labute approximate surface area is 117 Å². The van der Waals surface area contributed by atoms with Gasteiger partial charge in [-0.1, -0.05) is 29.3 Å². The molecule has 0 aliphatic carbocycles. The Bertz CT molecular complexity index is 587. The third-order valence-corrected chi connectivity index (χ3v) is 3.94. The van der Waals surface area contributed by atoms with Crippen LogP contribution in [0.4, 0.5) is 0 Å². The first-order valence-corrected chi connectivity index (χ1v) is 6.40. The normalized spacial score (nSPS) is 10.3. The Morgan fingerprint density at radius 2 is 1.83 bits per heavy atom. The van der Waals surface area contributed by atoms with Crippen LogP contribution in [0.2, 0.25) is 10.0 Å². The van der Waals surface area contributed by atoms with Crippen LogP contribution in [-0.2, 0) is 0 Å². The lowest BCUT2D eigenvalue weighted by molar-refractivity contribution is 0.105. The summed E-state index contributed by atoms with van der Waals surface area (Å²) in [7, 11) is 0. The van der Waals surface area contributed by atoms with Crippen molar-refractivity contribution in [2.24, 2.45) is 0 Å². The topological polar surface area (TPSA) is 47.3 Å². The van der Waals surface area contributed by atoms with E-state index in [0.29, 0.717) is 21.2 Å². The molecule has 0 radical (unpaired) electrons. The van der Waals surface area contributed by atoms with Gasteiger partial charge in [0.25, 0.3) is 5.12 Å². The minimum Gasteiger partial charge on any atom is -0.449 e. The maximum absolute atomic E-state index is 11.9. The Morgan fingerprint density at radius 3 is 2.39 bits per heavy atom. The molecule has 0 amide bonds. The predicted octanol–water partition coefficient (Wildman–Crippen LogP) is 4.33. The molecule has 0 bridgehead atoms. The van der Waals surface area contributed by atoms with Crippen LogP contribution in [0.25, 0.3) is 0 Å². The van der Waals surface area contributed by atoms with Crippen molar-refractivity contribution in [3.63, 3.8) is 0 Å². The van der Waals surface area contributed by atoms with Gasteiger partial charge in [0.1, 0.15) is 0 Å². The second kappa shape index (κ2) is 5.61. The van der Waals surface area contributed by atoms with Gasteiger partial charge in [-0.25, -0.2) is 0 Å². The smallest absolute Gasteiger partial charge is 0.259 e. The van der Waals surface area contributed by atoms with E-state index in [1.54, 1.807) is 18.2 Å². The Balaban J connectivity index is 2.23. The van der Waals surface area contributed by atoms with Gasteiger partial charge in [0, 0.05) is 0 Å². The summed E-state index contributed by atoms with van der Waals surface area (Å²) in [5.74, 6) is 0.183. The number of carbonyl (C=O) groups is 2. The van der Waals surface area contributed by atoms with Crippen LogP contribution in [0, 0.1) is 0 Å². The Hall–Kier alpha value is -1.23. The lowest BCUT2D eigenvalue weighted by atomic mass is 10.4. The second-order valence-electron chi connectivity index (χ2n) is 3.26. The molecule has 0 N–H and O–H groups in total. The zero-order valence-corrected chi connectivity index (χ0v) is 11.2. The van der Waals surface area contributed by atoms with E-state index in [4.69, 9.17) is 27.6 Å². The van der Waals surface area contributed by atoms with Crippen LogP contribution in [0.15, 0.2) is 39.6 Å². The standard InChI is InChI=1S/C12H6Cl2O3S/c13-8-2-1-3-9(14)11(8)18-12(16)10-5-4-7(6-15)17-10/h1-6H. The van der Waals surface area contributed by atoms with Crippen molar-refractivity contribution in [1.82, 2.24) is 0 Å². The van der Waals surface area contributed by atoms with E-state index in [1.807, 2.05) is 0 Å². The summed E-state index contributed by atoms with van der Waals surface area (Å²) in [5.41, 5.74) is 0. The van der Waals surface area contributed by atoms with E-state index in [0.717, 1.165) is 11.8 Å². The summed E-state index contributed by atoms with van der Waals surface area (Å²) in [4.78, 5) is 22.8. The molecule has 6 heteroatoms. The fourth-order valence-corrected chi connectivity index (χ4v) is 2.60. The van der Waals surface area contributed by atoms with E-state index in [1.165, 1.54) is 12.1 Å². The Kier molecular flexibility index (Phi) is 4.11. The summed E-state index contributed by atoms with van der Waals surface area (Å²) in [5, 5.41) is 0.420. The number of benzene rings is 1. The molecular formula is C12H6Cl2O3S. The average Bonchev–Trinajstić information content (AvgIpc) is 2.82. The molecule has 1 heterocycles. The predicted molar refractivity (Wildman–Crippen MR) is 70.7 cm³/mol. The van der Waals surface area contributed by atoms with Crippen molar-refractivity contribution in [3.8, 4) is 0 Å². The number of furan rings is 1. The number of hydrogen-bond donors (Lipinski definition) is 0. The van der Waals surface area contributed by atoms with Gasteiger partial charge in [0.2, 0.25) is 0 Å². The van der Waals surface area contributed by atoms with E-state index in [-0.39, 0.29) is 16.6 Å². The van der Waals surface area contributed by atoms with Gasteiger partial charge in [0.05, 0.1) is 14.9 Å². The van der Waals surface area contributed by atoms with Crippen molar-refractivity contribution in [3.05, 3.63) is 51.9 Å². The maximum Gasteiger partial charge on any atom is 0.259 e. The van der Waals surface area contributed by atoms with Crippen molar-refractivity contribution in [2.45, 2.75) is 4.90 Å². The molecule has 2 aromatic rings. The lowest BCUT2D eigenvalue weighted by Crippen LogP contribution is -1.91. The molecule has 18 heavy (non-hydrogen) atoms. The second-order valence-corrected chi connectivity index (χ2v) is 5.06. The summed E-state index contributed by atoms with van der Waals surface area (Å²) < 4.78 is 5.02. The average molecular weight is 301 g/mol. The van der Waals surface area contributed by atoms with Crippen LogP contribution in [0.1, 0.15) is 21.1 Å². The number of hydrogen-bond acceptors (Lipinski definition) is 4. The molecule has 0 unspecified atom stereocenters. The number of rotatable bonds is 3. The van der Waals surface area contributed by atoms with Gasteiger partial charge < -0.3 is 4.42 Å². The molecule has 2 rings (SSSR count). The monoisotopic (exact) mass is 300 g/mol. The largest absolute Gasteiger partial charge is 0.449 e. The number of halogens is 2. The number of thioether (sulfide) groups is 1. The molecule has 1 aromatic heterocycles. The lowest BCUT2D eigenvalue weighted by Gasteiger charge is -2.03. The summed E-state index contributed by atoms with van der Waals surface area (Å²) >= 11 is 12.8.